The van der Waals surface area contributed by atoms with E-state index in [1.54, 1.807) is 6.20 Å². The van der Waals surface area contributed by atoms with Crippen molar-refractivity contribution in [1.29, 1.82) is 0 Å². The minimum atomic E-state index is -0.405. The van der Waals surface area contributed by atoms with Crippen molar-refractivity contribution in [2.75, 3.05) is 12.0 Å². The molecule has 0 N–H and O–H groups in total. The van der Waals surface area contributed by atoms with Crippen molar-refractivity contribution in [2.24, 2.45) is 0 Å². The van der Waals surface area contributed by atoms with Crippen LogP contribution in [-0.2, 0) is 16.6 Å². The van der Waals surface area contributed by atoms with Gasteiger partial charge in [-0.25, -0.2) is 4.79 Å². The fraction of sp³-hybridized carbons (Fsp3) is 0.250. The minimum Gasteiger partial charge on any atom is -0.452 e. The minimum absolute atomic E-state index is 0.275. The van der Waals surface area contributed by atoms with Gasteiger partial charge in [0.15, 0.2) is 0 Å². The Morgan fingerprint density at radius 2 is 1.92 bits per heavy atom. The second-order valence-corrected chi connectivity index (χ2v) is 7.33. The molecule has 0 saturated heterocycles. The van der Waals surface area contributed by atoms with Crippen LogP contribution in [0.2, 0.25) is 10.0 Å². The SMILES string of the molecule is COC(=O)N1C=CC(C)(Cc2ccc(Cl)c(Cl)c2)c2cc(C)ccc21. The first-order chi connectivity index (χ1) is 11.8. The quantitative estimate of drug-likeness (QED) is 0.653. The van der Waals surface area contributed by atoms with Crippen molar-refractivity contribution in [2.45, 2.75) is 25.7 Å². The van der Waals surface area contributed by atoms with Gasteiger partial charge in [0.2, 0.25) is 0 Å². The molecule has 0 fully saturated rings. The molecule has 3 rings (SSSR count). The number of rotatable bonds is 2. The predicted octanol–water partition coefficient (Wildman–Crippen LogP) is 5.90. The van der Waals surface area contributed by atoms with Crippen molar-refractivity contribution in [3.8, 4) is 0 Å². The first-order valence-corrected chi connectivity index (χ1v) is 8.71. The highest BCUT2D eigenvalue weighted by Gasteiger charge is 2.34. The molecule has 2 aromatic rings. The molecule has 0 aromatic heterocycles. The molecule has 1 atom stereocenters. The van der Waals surface area contributed by atoms with Crippen molar-refractivity contribution < 1.29 is 9.53 Å². The van der Waals surface area contributed by atoms with Gasteiger partial charge in [0.25, 0.3) is 0 Å². The van der Waals surface area contributed by atoms with E-state index in [1.807, 2.05) is 43.3 Å². The Morgan fingerprint density at radius 3 is 2.60 bits per heavy atom. The lowest BCUT2D eigenvalue weighted by molar-refractivity contribution is 0.181. The molecule has 0 radical (unpaired) electrons. The Balaban J connectivity index is 2.05. The Labute approximate surface area is 157 Å². The number of carbonyl (C=O) groups excluding carboxylic acids is 1. The number of ether oxygens (including phenoxy) is 1. The van der Waals surface area contributed by atoms with Gasteiger partial charge in [-0.3, -0.25) is 4.90 Å². The van der Waals surface area contributed by atoms with Crippen LogP contribution >= 0.6 is 23.2 Å². The van der Waals surface area contributed by atoms with Crippen molar-refractivity contribution >= 4 is 35.0 Å². The molecule has 0 saturated carbocycles. The normalized spacial score (nSPS) is 18.8. The lowest BCUT2D eigenvalue weighted by atomic mass is 9.74. The number of methoxy groups -OCH3 is 1. The van der Waals surface area contributed by atoms with E-state index in [0.29, 0.717) is 10.0 Å². The van der Waals surface area contributed by atoms with E-state index in [2.05, 4.69) is 13.0 Å². The fourth-order valence-electron chi connectivity index (χ4n) is 3.21. The van der Waals surface area contributed by atoms with E-state index < -0.39 is 6.09 Å². The van der Waals surface area contributed by atoms with Gasteiger partial charge in [0.05, 0.1) is 22.8 Å². The van der Waals surface area contributed by atoms with E-state index in [-0.39, 0.29) is 5.41 Å². The lowest BCUT2D eigenvalue weighted by Crippen LogP contribution is -2.35. The number of hydrogen-bond donors (Lipinski definition) is 0. The average molecular weight is 376 g/mol. The molecule has 3 nitrogen and oxygen atoms in total. The Hall–Kier alpha value is -1.97. The van der Waals surface area contributed by atoms with Gasteiger partial charge in [-0.15, -0.1) is 0 Å². The fourth-order valence-corrected chi connectivity index (χ4v) is 3.53. The smallest absolute Gasteiger partial charge is 0.418 e. The van der Waals surface area contributed by atoms with Crippen LogP contribution < -0.4 is 4.90 Å². The maximum absolute atomic E-state index is 12.1. The molecule has 25 heavy (non-hydrogen) atoms. The summed E-state index contributed by atoms with van der Waals surface area (Å²) >= 11 is 12.2. The topological polar surface area (TPSA) is 29.5 Å². The summed E-state index contributed by atoms with van der Waals surface area (Å²) in [6.45, 7) is 4.19. The first kappa shape index (κ1) is 17.8. The number of carbonyl (C=O) groups is 1. The molecule has 2 aromatic carbocycles. The predicted molar refractivity (Wildman–Crippen MR) is 103 cm³/mol. The second kappa shape index (κ2) is 6.74. The summed E-state index contributed by atoms with van der Waals surface area (Å²) in [6, 6.07) is 11.8. The van der Waals surface area contributed by atoms with Crippen molar-refractivity contribution in [1.82, 2.24) is 0 Å². The van der Waals surface area contributed by atoms with Crippen LogP contribution in [0.4, 0.5) is 10.5 Å². The number of halogens is 2. The standard InChI is InChI=1S/C20H19Cl2NO2/c1-13-4-7-18-15(10-13)20(2,8-9-23(18)19(24)25-3)12-14-5-6-16(21)17(22)11-14/h4-11H,12H2,1-3H3. The number of hydrogen-bond acceptors (Lipinski definition) is 2. The van der Waals surface area contributed by atoms with E-state index in [0.717, 1.165) is 28.8 Å². The Kier molecular flexibility index (Phi) is 4.81. The maximum atomic E-state index is 12.1. The van der Waals surface area contributed by atoms with Crippen LogP contribution in [0.3, 0.4) is 0 Å². The summed E-state index contributed by atoms with van der Waals surface area (Å²) in [5.41, 5.74) is 3.86. The molecule has 130 valence electrons. The molecule has 0 aliphatic carbocycles. The summed E-state index contributed by atoms with van der Waals surface area (Å²) in [5, 5.41) is 1.09. The molecule has 1 aliphatic rings. The number of benzene rings is 2. The number of amides is 1. The van der Waals surface area contributed by atoms with Crippen molar-refractivity contribution in [3.63, 3.8) is 0 Å². The molecule has 0 spiro atoms. The summed E-state index contributed by atoms with van der Waals surface area (Å²) in [6.07, 6.45) is 4.15. The van der Waals surface area contributed by atoms with E-state index >= 15 is 0 Å². The molecule has 1 aliphatic heterocycles. The summed E-state index contributed by atoms with van der Waals surface area (Å²) < 4.78 is 4.90. The highest BCUT2D eigenvalue weighted by Crippen LogP contribution is 2.41. The van der Waals surface area contributed by atoms with Crippen LogP contribution in [-0.4, -0.2) is 13.2 Å². The molecule has 1 amide bonds. The van der Waals surface area contributed by atoms with E-state index in [9.17, 15) is 4.79 Å². The van der Waals surface area contributed by atoms with E-state index in [4.69, 9.17) is 27.9 Å². The lowest BCUT2D eigenvalue weighted by Gasteiger charge is -2.36. The maximum Gasteiger partial charge on any atom is 0.418 e. The highest BCUT2D eigenvalue weighted by atomic mass is 35.5. The number of nitrogens with zero attached hydrogens (tertiary/aromatic N) is 1. The van der Waals surface area contributed by atoms with Crippen LogP contribution in [0.1, 0.15) is 23.6 Å². The molecule has 0 bridgehead atoms. The average Bonchev–Trinajstić information content (AvgIpc) is 2.58. The molecule has 1 unspecified atom stereocenters. The molecular formula is C20H19Cl2NO2. The largest absolute Gasteiger partial charge is 0.452 e. The number of allylic oxidation sites excluding steroid dienone is 1. The van der Waals surface area contributed by atoms with Crippen LogP contribution in [0.5, 0.6) is 0 Å². The zero-order chi connectivity index (χ0) is 18.2. The monoisotopic (exact) mass is 375 g/mol. The highest BCUT2D eigenvalue weighted by molar-refractivity contribution is 6.42. The van der Waals surface area contributed by atoms with Crippen LogP contribution in [0.15, 0.2) is 48.7 Å². The van der Waals surface area contributed by atoms with Gasteiger partial charge in [-0.1, -0.05) is 60.0 Å². The molecule has 1 heterocycles. The van der Waals surface area contributed by atoms with Gasteiger partial charge >= 0.3 is 6.09 Å². The Bertz CT molecular complexity index is 863. The summed E-state index contributed by atoms with van der Waals surface area (Å²) in [7, 11) is 1.38. The Morgan fingerprint density at radius 1 is 1.16 bits per heavy atom. The third-order valence-electron chi connectivity index (χ3n) is 4.55. The van der Waals surface area contributed by atoms with Gasteiger partial charge in [0.1, 0.15) is 0 Å². The first-order valence-electron chi connectivity index (χ1n) is 7.96. The zero-order valence-electron chi connectivity index (χ0n) is 14.3. The number of aryl methyl sites for hydroxylation is 1. The molecular weight excluding hydrogens is 357 g/mol. The second-order valence-electron chi connectivity index (χ2n) is 6.52. The van der Waals surface area contributed by atoms with Gasteiger partial charge in [0, 0.05) is 11.6 Å². The van der Waals surface area contributed by atoms with E-state index in [1.165, 1.54) is 12.0 Å². The van der Waals surface area contributed by atoms with Gasteiger partial charge < -0.3 is 4.74 Å². The number of anilines is 1. The van der Waals surface area contributed by atoms with Crippen molar-refractivity contribution in [3.05, 3.63) is 75.4 Å². The zero-order valence-corrected chi connectivity index (χ0v) is 15.9. The van der Waals surface area contributed by atoms with Crippen LogP contribution in [0, 0.1) is 6.92 Å². The summed E-state index contributed by atoms with van der Waals surface area (Å²) in [4.78, 5) is 13.6. The third-order valence-corrected chi connectivity index (χ3v) is 5.28. The van der Waals surface area contributed by atoms with Gasteiger partial charge in [-0.2, -0.15) is 0 Å². The van der Waals surface area contributed by atoms with Gasteiger partial charge in [-0.05, 0) is 42.7 Å². The molecule has 5 heteroatoms. The number of fused-ring (bicyclic) bond motifs is 1. The van der Waals surface area contributed by atoms with Crippen LogP contribution in [0.25, 0.3) is 0 Å². The summed E-state index contributed by atoms with van der Waals surface area (Å²) in [5.74, 6) is 0. The third kappa shape index (κ3) is 3.39.